The first-order valence-corrected chi connectivity index (χ1v) is 9.55. The Kier molecular flexibility index (Phi) is 10.4. The number of nitrogens with zero attached hydrogens (tertiary/aromatic N) is 1. The van der Waals surface area contributed by atoms with Crippen molar-refractivity contribution in [3.05, 3.63) is 35.9 Å². The Balaban J connectivity index is 2.07. The molecule has 136 valence electrons. The van der Waals surface area contributed by atoms with E-state index < -0.39 is 0 Å². The Hall–Kier alpha value is -1.35. The van der Waals surface area contributed by atoms with E-state index in [1.54, 1.807) is 0 Å². The van der Waals surface area contributed by atoms with Crippen LogP contribution < -0.4 is 0 Å². The molecule has 0 N–H and O–H groups in total. The summed E-state index contributed by atoms with van der Waals surface area (Å²) >= 11 is 0. The highest BCUT2D eigenvalue weighted by atomic mass is 16.5. The van der Waals surface area contributed by atoms with E-state index in [4.69, 9.17) is 4.74 Å². The normalized spacial score (nSPS) is 11.5. The third-order valence-electron chi connectivity index (χ3n) is 4.40. The monoisotopic (exact) mass is 334 g/mol. The predicted octanol–water partition coefficient (Wildman–Crippen LogP) is 4.95. The Labute approximate surface area is 148 Å². The molecule has 0 amide bonds. The fourth-order valence-electron chi connectivity index (χ4n) is 2.86. The summed E-state index contributed by atoms with van der Waals surface area (Å²) in [5.74, 6) is -0.0386. The van der Waals surface area contributed by atoms with Crippen molar-refractivity contribution in [3.63, 3.8) is 0 Å². The van der Waals surface area contributed by atoms with Crippen LogP contribution in [-0.2, 0) is 16.1 Å². The maximum absolute atomic E-state index is 11.8. The maximum Gasteiger partial charge on any atom is 0.305 e. The van der Waals surface area contributed by atoms with Gasteiger partial charge in [0.05, 0.1) is 14.1 Å². The molecule has 0 atom stereocenters. The Morgan fingerprint density at radius 3 is 2.25 bits per heavy atom. The van der Waals surface area contributed by atoms with Crippen LogP contribution in [0.5, 0.6) is 0 Å². The van der Waals surface area contributed by atoms with Crippen molar-refractivity contribution in [1.82, 2.24) is 0 Å². The summed E-state index contributed by atoms with van der Waals surface area (Å²) in [6.07, 6.45) is 9.17. The number of carbonyl (C=O) groups is 1. The average Bonchev–Trinajstić information content (AvgIpc) is 2.54. The highest BCUT2D eigenvalue weighted by Crippen LogP contribution is 2.10. The molecule has 0 spiro atoms. The van der Waals surface area contributed by atoms with Gasteiger partial charge in [0.25, 0.3) is 0 Å². The van der Waals surface area contributed by atoms with E-state index in [9.17, 15) is 4.79 Å². The minimum Gasteiger partial charge on any atom is -0.460 e. The van der Waals surface area contributed by atoms with Crippen molar-refractivity contribution in [2.75, 3.05) is 27.2 Å². The number of hydrogen-bond donors (Lipinski definition) is 0. The highest BCUT2D eigenvalue weighted by Gasteiger charge is 2.16. The number of ether oxygens (including phenoxy) is 1. The lowest BCUT2D eigenvalue weighted by Gasteiger charge is -2.29. The summed E-state index contributed by atoms with van der Waals surface area (Å²) in [4.78, 5) is 11.8. The number of benzene rings is 1. The lowest BCUT2D eigenvalue weighted by atomic mass is 10.1. The van der Waals surface area contributed by atoms with Gasteiger partial charge in [0.2, 0.25) is 0 Å². The molecule has 0 aromatic heterocycles. The number of hydrogen-bond acceptors (Lipinski definition) is 2. The number of carbonyl (C=O) groups excluding carboxylic acids is 1. The topological polar surface area (TPSA) is 26.3 Å². The zero-order valence-electron chi connectivity index (χ0n) is 15.9. The van der Waals surface area contributed by atoms with Gasteiger partial charge in [-0.15, -0.1) is 0 Å². The van der Waals surface area contributed by atoms with E-state index in [2.05, 4.69) is 45.3 Å². The van der Waals surface area contributed by atoms with E-state index in [1.807, 2.05) is 6.07 Å². The second kappa shape index (κ2) is 12.1. The largest absolute Gasteiger partial charge is 0.460 e. The van der Waals surface area contributed by atoms with Crippen molar-refractivity contribution in [1.29, 1.82) is 0 Å². The van der Waals surface area contributed by atoms with Crippen LogP contribution in [0.3, 0.4) is 0 Å². The van der Waals surface area contributed by atoms with Crippen molar-refractivity contribution in [2.24, 2.45) is 0 Å². The summed E-state index contributed by atoms with van der Waals surface area (Å²) in [5, 5.41) is 0. The summed E-state index contributed by atoms with van der Waals surface area (Å²) in [6, 6.07) is 10.5. The van der Waals surface area contributed by atoms with Gasteiger partial charge >= 0.3 is 5.97 Å². The van der Waals surface area contributed by atoms with Crippen molar-refractivity contribution < 1.29 is 14.0 Å². The van der Waals surface area contributed by atoms with Crippen LogP contribution in [0.25, 0.3) is 0 Å². The van der Waals surface area contributed by atoms with Gasteiger partial charge in [0.15, 0.2) is 0 Å². The first kappa shape index (κ1) is 20.7. The van der Waals surface area contributed by atoms with E-state index in [1.165, 1.54) is 37.7 Å². The zero-order chi connectivity index (χ0) is 17.7. The molecule has 0 unspecified atom stereocenters. The molecule has 1 aromatic rings. The lowest BCUT2D eigenvalue weighted by molar-refractivity contribution is -0.903. The van der Waals surface area contributed by atoms with Gasteiger partial charge in [-0.1, -0.05) is 75.8 Å². The summed E-state index contributed by atoms with van der Waals surface area (Å²) in [5.41, 5.74) is 1.32. The molecule has 0 aliphatic heterocycles. The first-order valence-electron chi connectivity index (χ1n) is 9.55. The number of esters is 1. The lowest BCUT2D eigenvalue weighted by Crippen LogP contribution is -2.41. The standard InChI is InChI=1S/C21H36NO2/c1-4-5-6-7-8-9-13-16-21(23)24-18-17-22(2,3)19-20-14-11-10-12-15-20/h10-12,14-15H,4-9,13,16-19H2,1-3H3/q+1. The van der Waals surface area contributed by atoms with Gasteiger partial charge in [-0.05, 0) is 6.42 Å². The summed E-state index contributed by atoms with van der Waals surface area (Å²) in [6.45, 7) is 4.54. The molecule has 0 heterocycles. The molecule has 0 radical (unpaired) electrons. The first-order chi connectivity index (χ1) is 11.5. The average molecular weight is 335 g/mol. The van der Waals surface area contributed by atoms with Gasteiger partial charge in [-0.3, -0.25) is 4.79 Å². The SMILES string of the molecule is CCCCCCCCCC(=O)OCC[N+](C)(C)Cc1ccccc1. The fourth-order valence-corrected chi connectivity index (χ4v) is 2.86. The van der Waals surface area contributed by atoms with Crippen LogP contribution in [0.1, 0.15) is 63.9 Å². The molecule has 0 fully saturated rings. The molecule has 24 heavy (non-hydrogen) atoms. The van der Waals surface area contributed by atoms with Crippen molar-refractivity contribution in [2.45, 2.75) is 64.8 Å². The molecule has 3 heteroatoms. The molecular weight excluding hydrogens is 298 g/mol. The van der Waals surface area contributed by atoms with Crippen LogP contribution in [0.15, 0.2) is 30.3 Å². The molecule has 0 saturated heterocycles. The van der Waals surface area contributed by atoms with E-state index >= 15 is 0 Å². The van der Waals surface area contributed by atoms with Crippen LogP contribution >= 0.6 is 0 Å². The third-order valence-corrected chi connectivity index (χ3v) is 4.40. The Morgan fingerprint density at radius 2 is 1.58 bits per heavy atom. The smallest absolute Gasteiger partial charge is 0.305 e. The molecule has 0 bridgehead atoms. The van der Waals surface area contributed by atoms with Crippen molar-refractivity contribution in [3.8, 4) is 0 Å². The van der Waals surface area contributed by atoms with Gasteiger partial charge in [0, 0.05) is 12.0 Å². The van der Waals surface area contributed by atoms with Gasteiger partial charge in [-0.25, -0.2) is 0 Å². The summed E-state index contributed by atoms with van der Waals surface area (Å²) < 4.78 is 6.23. The number of unbranched alkanes of at least 4 members (excludes halogenated alkanes) is 6. The Bertz CT molecular complexity index is 442. The van der Waals surface area contributed by atoms with E-state index in [-0.39, 0.29) is 5.97 Å². The molecular formula is C21H36NO2+. The number of likely N-dealkylation sites (N-methyl/N-ethyl adjacent to an activating group) is 1. The molecule has 0 saturated carbocycles. The van der Waals surface area contributed by atoms with Crippen LogP contribution in [0.2, 0.25) is 0 Å². The summed E-state index contributed by atoms with van der Waals surface area (Å²) in [7, 11) is 4.36. The fraction of sp³-hybridized carbons (Fsp3) is 0.667. The van der Waals surface area contributed by atoms with Gasteiger partial charge in [-0.2, -0.15) is 0 Å². The third kappa shape index (κ3) is 10.4. The molecule has 0 aliphatic carbocycles. The van der Waals surface area contributed by atoms with E-state index in [0.717, 1.165) is 30.4 Å². The molecule has 3 nitrogen and oxygen atoms in total. The second-order valence-corrected chi connectivity index (χ2v) is 7.39. The van der Waals surface area contributed by atoms with E-state index in [0.29, 0.717) is 13.0 Å². The van der Waals surface area contributed by atoms with Gasteiger partial charge in [0.1, 0.15) is 19.7 Å². The maximum atomic E-state index is 11.8. The minimum absolute atomic E-state index is 0.0386. The molecule has 1 rings (SSSR count). The number of rotatable bonds is 13. The molecule has 1 aromatic carbocycles. The Morgan fingerprint density at radius 1 is 0.958 bits per heavy atom. The van der Waals surface area contributed by atoms with Crippen LogP contribution in [0.4, 0.5) is 0 Å². The van der Waals surface area contributed by atoms with Crippen LogP contribution in [0, 0.1) is 0 Å². The quantitative estimate of drug-likeness (QED) is 0.290. The predicted molar refractivity (Wildman–Crippen MR) is 101 cm³/mol. The minimum atomic E-state index is -0.0386. The second-order valence-electron chi connectivity index (χ2n) is 7.39. The van der Waals surface area contributed by atoms with Crippen LogP contribution in [-0.4, -0.2) is 37.7 Å². The highest BCUT2D eigenvalue weighted by molar-refractivity contribution is 5.69. The zero-order valence-corrected chi connectivity index (χ0v) is 15.9. The van der Waals surface area contributed by atoms with Gasteiger partial charge < -0.3 is 9.22 Å². The van der Waals surface area contributed by atoms with Crippen molar-refractivity contribution >= 4 is 5.97 Å². The number of quaternary nitrogens is 1. The molecule has 0 aliphatic rings.